The summed E-state index contributed by atoms with van der Waals surface area (Å²) in [5.41, 5.74) is 7.66. The van der Waals surface area contributed by atoms with E-state index in [9.17, 15) is 9.59 Å². The van der Waals surface area contributed by atoms with Crippen LogP contribution in [0.3, 0.4) is 0 Å². The largest absolute Gasteiger partial charge is 0.369 e. The second kappa shape index (κ2) is 7.66. The molecule has 2 aromatic carbocycles. The Balaban J connectivity index is 2.12. The molecule has 22 heavy (non-hydrogen) atoms. The molecule has 0 radical (unpaired) electrons. The van der Waals surface area contributed by atoms with Gasteiger partial charge in [-0.1, -0.05) is 31.2 Å². The first kappa shape index (κ1) is 16.1. The van der Waals surface area contributed by atoms with E-state index in [1.165, 1.54) is 17.3 Å². The zero-order chi connectivity index (χ0) is 15.9. The molecule has 0 saturated heterocycles. The van der Waals surface area contributed by atoms with E-state index in [1.807, 2.05) is 36.4 Å². The molecular formula is C17H18N2O2S. The van der Waals surface area contributed by atoms with Crippen LogP contribution in [0, 0.1) is 0 Å². The summed E-state index contributed by atoms with van der Waals surface area (Å²) in [6, 6.07) is 14.9. The Morgan fingerprint density at radius 1 is 1.09 bits per heavy atom. The molecular weight excluding hydrogens is 296 g/mol. The van der Waals surface area contributed by atoms with Gasteiger partial charge in [0.2, 0.25) is 5.91 Å². The van der Waals surface area contributed by atoms with E-state index in [1.54, 1.807) is 12.1 Å². The molecule has 2 amide bonds. The summed E-state index contributed by atoms with van der Waals surface area (Å²) in [6.45, 7) is 2.08. The van der Waals surface area contributed by atoms with Gasteiger partial charge in [-0.15, -0.1) is 11.8 Å². The number of carbonyl (C=O) groups is 2. The van der Waals surface area contributed by atoms with Crippen LogP contribution in [0.25, 0.3) is 0 Å². The van der Waals surface area contributed by atoms with Gasteiger partial charge in [-0.25, -0.2) is 0 Å². The fourth-order valence-corrected chi connectivity index (χ4v) is 2.74. The Hall–Kier alpha value is -2.27. The van der Waals surface area contributed by atoms with E-state index < -0.39 is 5.91 Å². The smallest absolute Gasteiger partial charge is 0.256 e. The molecule has 0 spiro atoms. The topological polar surface area (TPSA) is 72.2 Å². The normalized spacial score (nSPS) is 10.2. The van der Waals surface area contributed by atoms with Crippen molar-refractivity contribution < 1.29 is 9.59 Å². The molecule has 0 aromatic heterocycles. The summed E-state index contributed by atoms with van der Waals surface area (Å²) < 4.78 is 0. The van der Waals surface area contributed by atoms with Gasteiger partial charge in [-0.3, -0.25) is 9.59 Å². The lowest BCUT2D eigenvalue weighted by Gasteiger charge is -2.09. The minimum Gasteiger partial charge on any atom is -0.369 e. The van der Waals surface area contributed by atoms with Gasteiger partial charge in [0.05, 0.1) is 11.3 Å². The zero-order valence-corrected chi connectivity index (χ0v) is 13.2. The molecule has 114 valence electrons. The van der Waals surface area contributed by atoms with Crippen molar-refractivity contribution in [3.8, 4) is 0 Å². The fraction of sp³-hybridized carbons (Fsp3) is 0.176. The van der Waals surface area contributed by atoms with E-state index >= 15 is 0 Å². The van der Waals surface area contributed by atoms with Gasteiger partial charge < -0.3 is 11.1 Å². The highest BCUT2D eigenvalue weighted by Gasteiger charge is 2.12. The van der Waals surface area contributed by atoms with Crippen LogP contribution < -0.4 is 11.1 Å². The van der Waals surface area contributed by atoms with Gasteiger partial charge in [0, 0.05) is 10.6 Å². The molecule has 5 heteroatoms. The molecule has 0 aliphatic heterocycles. The van der Waals surface area contributed by atoms with E-state index in [0.717, 1.165) is 17.0 Å². The van der Waals surface area contributed by atoms with Crippen molar-refractivity contribution in [1.29, 1.82) is 0 Å². The van der Waals surface area contributed by atoms with E-state index in [2.05, 4.69) is 12.2 Å². The van der Waals surface area contributed by atoms with Crippen molar-refractivity contribution in [2.45, 2.75) is 18.2 Å². The van der Waals surface area contributed by atoms with Gasteiger partial charge >= 0.3 is 0 Å². The number of nitrogens with one attached hydrogen (secondary N) is 1. The predicted molar refractivity (Wildman–Crippen MR) is 90.1 cm³/mol. The quantitative estimate of drug-likeness (QED) is 0.805. The van der Waals surface area contributed by atoms with Crippen molar-refractivity contribution in [2.24, 2.45) is 5.73 Å². The summed E-state index contributed by atoms with van der Waals surface area (Å²) in [5, 5.41) is 2.87. The van der Waals surface area contributed by atoms with Crippen molar-refractivity contribution in [3.63, 3.8) is 0 Å². The van der Waals surface area contributed by atoms with Gasteiger partial charge in [-0.2, -0.15) is 0 Å². The minimum absolute atomic E-state index is 0.148. The van der Waals surface area contributed by atoms with Gasteiger partial charge in [0.25, 0.3) is 5.91 Å². The Kier molecular flexibility index (Phi) is 5.61. The SMILES string of the molecule is CCc1ccc(NC(=O)c2ccccc2SCC(N)=O)cc1. The Labute approximate surface area is 134 Å². The first-order valence-electron chi connectivity index (χ1n) is 7.00. The van der Waals surface area contributed by atoms with Crippen LogP contribution in [0.4, 0.5) is 5.69 Å². The van der Waals surface area contributed by atoms with Crippen LogP contribution >= 0.6 is 11.8 Å². The molecule has 0 saturated carbocycles. The van der Waals surface area contributed by atoms with Gasteiger partial charge in [-0.05, 0) is 36.2 Å². The number of anilines is 1. The lowest BCUT2D eigenvalue weighted by atomic mass is 10.1. The molecule has 3 N–H and O–H groups in total. The number of primary amides is 1. The van der Waals surface area contributed by atoms with Gasteiger partial charge in [0.15, 0.2) is 0 Å². The number of nitrogens with two attached hydrogens (primary N) is 1. The van der Waals surface area contributed by atoms with Crippen LogP contribution in [0.5, 0.6) is 0 Å². The van der Waals surface area contributed by atoms with Crippen LogP contribution in [-0.2, 0) is 11.2 Å². The van der Waals surface area contributed by atoms with E-state index in [-0.39, 0.29) is 11.7 Å². The number of rotatable bonds is 6. The number of amides is 2. The van der Waals surface area contributed by atoms with Crippen molar-refractivity contribution >= 4 is 29.3 Å². The Morgan fingerprint density at radius 3 is 2.41 bits per heavy atom. The molecule has 2 rings (SSSR count). The lowest BCUT2D eigenvalue weighted by molar-refractivity contribution is -0.115. The van der Waals surface area contributed by atoms with E-state index in [4.69, 9.17) is 5.73 Å². The second-order valence-electron chi connectivity index (χ2n) is 4.76. The lowest BCUT2D eigenvalue weighted by Crippen LogP contribution is -2.15. The van der Waals surface area contributed by atoms with Crippen LogP contribution in [0.15, 0.2) is 53.4 Å². The Bertz CT molecular complexity index is 669. The summed E-state index contributed by atoms with van der Waals surface area (Å²) in [4.78, 5) is 24.0. The standard InChI is InChI=1S/C17H18N2O2S/c1-2-12-7-9-13(10-8-12)19-17(21)14-5-3-4-6-15(14)22-11-16(18)20/h3-10H,2,11H2,1H3,(H2,18,20)(H,19,21). The average molecular weight is 314 g/mol. The third kappa shape index (κ3) is 4.36. The number of hydrogen-bond donors (Lipinski definition) is 2. The molecule has 0 aliphatic carbocycles. The van der Waals surface area contributed by atoms with Gasteiger partial charge in [0.1, 0.15) is 0 Å². The number of thioether (sulfide) groups is 1. The highest BCUT2D eigenvalue weighted by Crippen LogP contribution is 2.23. The highest BCUT2D eigenvalue weighted by atomic mass is 32.2. The number of carbonyl (C=O) groups excluding carboxylic acids is 2. The summed E-state index contributed by atoms with van der Waals surface area (Å²) in [7, 11) is 0. The van der Waals surface area contributed by atoms with Crippen molar-refractivity contribution in [3.05, 3.63) is 59.7 Å². The van der Waals surface area contributed by atoms with Crippen LogP contribution in [0.1, 0.15) is 22.8 Å². The summed E-state index contributed by atoms with van der Waals surface area (Å²) in [6.07, 6.45) is 0.959. The third-order valence-electron chi connectivity index (χ3n) is 3.12. The zero-order valence-electron chi connectivity index (χ0n) is 12.3. The summed E-state index contributed by atoms with van der Waals surface area (Å²) in [5.74, 6) is -0.456. The molecule has 2 aromatic rings. The maximum Gasteiger partial charge on any atom is 0.256 e. The molecule has 4 nitrogen and oxygen atoms in total. The predicted octanol–water partition coefficient (Wildman–Crippen LogP) is 3.08. The monoisotopic (exact) mass is 314 g/mol. The minimum atomic E-state index is -0.407. The number of benzene rings is 2. The highest BCUT2D eigenvalue weighted by molar-refractivity contribution is 8.00. The second-order valence-corrected chi connectivity index (χ2v) is 5.77. The number of hydrogen-bond acceptors (Lipinski definition) is 3. The third-order valence-corrected chi connectivity index (χ3v) is 4.22. The number of aryl methyl sites for hydroxylation is 1. The van der Waals surface area contributed by atoms with Crippen LogP contribution in [0.2, 0.25) is 0 Å². The van der Waals surface area contributed by atoms with Crippen LogP contribution in [-0.4, -0.2) is 17.6 Å². The Morgan fingerprint density at radius 2 is 1.77 bits per heavy atom. The molecule has 0 aliphatic rings. The first-order chi connectivity index (χ1) is 10.6. The molecule has 0 unspecified atom stereocenters. The molecule has 0 heterocycles. The van der Waals surface area contributed by atoms with E-state index in [0.29, 0.717) is 5.56 Å². The van der Waals surface area contributed by atoms with Crippen molar-refractivity contribution in [2.75, 3.05) is 11.1 Å². The molecule has 0 bridgehead atoms. The fourth-order valence-electron chi connectivity index (χ4n) is 1.95. The molecule has 0 atom stereocenters. The maximum atomic E-state index is 12.4. The molecule has 0 fully saturated rings. The average Bonchev–Trinajstić information content (AvgIpc) is 2.54. The van der Waals surface area contributed by atoms with Crippen molar-refractivity contribution in [1.82, 2.24) is 0 Å². The maximum absolute atomic E-state index is 12.4. The summed E-state index contributed by atoms with van der Waals surface area (Å²) >= 11 is 1.26. The first-order valence-corrected chi connectivity index (χ1v) is 7.99.